The molecular formula is C10H11N3S. The van der Waals surface area contributed by atoms with Crippen LogP contribution in [0.25, 0.3) is 0 Å². The normalized spacial score (nSPS) is 10.1. The molecule has 2 aromatic rings. The molecule has 0 saturated heterocycles. The van der Waals surface area contributed by atoms with E-state index in [0.29, 0.717) is 0 Å². The highest BCUT2D eigenvalue weighted by Crippen LogP contribution is 2.21. The molecule has 0 unspecified atom stereocenters. The van der Waals surface area contributed by atoms with Crippen LogP contribution < -0.4 is 5.32 Å². The molecule has 0 atom stereocenters. The molecular weight excluding hydrogens is 194 g/mol. The molecule has 0 aliphatic heterocycles. The third-order valence-electron chi connectivity index (χ3n) is 1.81. The highest BCUT2D eigenvalue weighted by molar-refractivity contribution is 7.15. The van der Waals surface area contributed by atoms with Gasteiger partial charge in [0, 0.05) is 17.3 Å². The second-order valence-electron chi connectivity index (χ2n) is 2.85. The number of pyridine rings is 1. The lowest BCUT2D eigenvalue weighted by molar-refractivity contribution is 1.17. The van der Waals surface area contributed by atoms with Crippen LogP contribution in [0.15, 0.2) is 30.7 Å². The zero-order valence-electron chi connectivity index (χ0n) is 7.90. The summed E-state index contributed by atoms with van der Waals surface area (Å²) in [5.74, 6) is 0. The molecule has 2 rings (SSSR count). The second-order valence-corrected chi connectivity index (χ2v) is 3.97. The van der Waals surface area contributed by atoms with Gasteiger partial charge in [-0.2, -0.15) is 0 Å². The van der Waals surface area contributed by atoms with Gasteiger partial charge >= 0.3 is 0 Å². The van der Waals surface area contributed by atoms with Gasteiger partial charge in [0.1, 0.15) is 0 Å². The van der Waals surface area contributed by atoms with Crippen LogP contribution in [0.5, 0.6) is 0 Å². The van der Waals surface area contributed by atoms with E-state index in [1.54, 1.807) is 23.7 Å². The minimum Gasteiger partial charge on any atom is -0.330 e. The first-order chi connectivity index (χ1) is 6.88. The Hall–Kier alpha value is -1.42. The molecule has 2 heterocycles. The van der Waals surface area contributed by atoms with Crippen LogP contribution in [-0.4, -0.2) is 9.97 Å². The Balaban J connectivity index is 2.11. The average molecular weight is 205 g/mol. The first-order valence-electron chi connectivity index (χ1n) is 4.50. The SMILES string of the molecule is CCc1cnc(Nc2cccnc2)s1. The van der Waals surface area contributed by atoms with Gasteiger partial charge in [-0.05, 0) is 18.6 Å². The number of rotatable bonds is 3. The summed E-state index contributed by atoms with van der Waals surface area (Å²) in [6.45, 7) is 2.13. The van der Waals surface area contributed by atoms with Crippen LogP contribution in [0.1, 0.15) is 11.8 Å². The Kier molecular flexibility index (Phi) is 2.74. The highest BCUT2D eigenvalue weighted by atomic mass is 32.1. The van der Waals surface area contributed by atoms with E-state index in [9.17, 15) is 0 Å². The fourth-order valence-electron chi connectivity index (χ4n) is 1.09. The Labute approximate surface area is 86.8 Å². The summed E-state index contributed by atoms with van der Waals surface area (Å²) in [5, 5.41) is 4.13. The predicted octanol–water partition coefficient (Wildman–Crippen LogP) is 2.84. The summed E-state index contributed by atoms with van der Waals surface area (Å²) in [7, 11) is 0. The van der Waals surface area contributed by atoms with Gasteiger partial charge in [-0.25, -0.2) is 4.98 Å². The van der Waals surface area contributed by atoms with Gasteiger partial charge in [0.15, 0.2) is 5.13 Å². The minimum absolute atomic E-state index is 0.926. The molecule has 0 bridgehead atoms. The minimum atomic E-state index is 0.926. The number of nitrogens with one attached hydrogen (secondary N) is 1. The fourth-order valence-corrected chi connectivity index (χ4v) is 1.86. The van der Waals surface area contributed by atoms with Crippen LogP contribution in [0.2, 0.25) is 0 Å². The maximum atomic E-state index is 4.26. The van der Waals surface area contributed by atoms with Gasteiger partial charge in [-0.15, -0.1) is 11.3 Å². The van der Waals surface area contributed by atoms with E-state index in [1.807, 2.05) is 18.3 Å². The van der Waals surface area contributed by atoms with Crippen LogP contribution in [0.4, 0.5) is 10.8 Å². The van der Waals surface area contributed by atoms with Crippen LogP contribution in [0.3, 0.4) is 0 Å². The van der Waals surface area contributed by atoms with Crippen molar-refractivity contribution >= 4 is 22.2 Å². The summed E-state index contributed by atoms with van der Waals surface area (Å²) >= 11 is 1.68. The number of nitrogens with zero attached hydrogens (tertiary/aromatic N) is 2. The first-order valence-corrected chi connectivity index (χ1v) is 5.32. The molecule has 0 aromatic carbocycles. The summed E-state index contributed by atoms with van der Waals surface area (Å²) in [6, 6.07) is 3.87. The van der Waals surface area contributed by atoms with Crippen molar-refractivity contribution in [1.82, 2.24) is 9.97 Å². The lowest BCUT2D eigenvalue weighted by Gasteiger charge is -1.99. The topological polar surface area (TPSA) is 37.8 Å². The molecule has 0 radical (unpaired) electrons. The van der Waals surface area contributed by atoms with Crippen molar-refractivity contribution in [2.75, 3.05) is 5.32 Å². The van der Waals surface area contributed by atoms with Crippen LogP contribution in [-0.2, 0) is 6.42 Å². The van der Waals surface area contributed by atoms with Crippen molar-refractivity contribution in [2.24, 2.45) is 0 Å². The third-order valence-corrected chi connectivity index (χ3v) is 2.87. The van der Waals surface area contributed by atoms with Crippen molar-refractivity contribution in [2.45, 2.75) is 13.3 Å². The average Bonchev–Trinajstić information content (AvgIpc) is 2.67. The maximum Gasteiger partial charge on any atom is 0.187 e. The van der Waals surface area contributed by atoms with Gasteiger partial charge in [-0.1, -0.05) is 6.92 Å². The van der Waals surface area contributed by atoms with Gasteiger partial charge < -0.3 is 5.32 Å². The molecule has 2 aromatic heterocycles. The Morgan fingerprint density at radius 2 is 2.36 bits per heavy atom. The molecule has 72 valence electrons. The van der Waals surface area contributed by atoms with Crippen LogP contribution in [0, 0.1) is 0 Å². The van der Waals surface area contributed by atoms with Crippen molar-refractivity contribution in [3.63, 3.8) is 0 Å². The number of anilines is 2. The van der Waals surface area contributed by atoms with Gasteiger partial charge in [0.05, 0.1) is 11.9 Å². The van der Waals surface area contributed by atoms with E-state index in [0.717, 1.165) is 17.2 Å². The van der Waals surface area contributed by atoms with E-state index in [1.165, 1.54) is 4.88 Å². The van der Waals surface area contributed by atoms with E-state index in [4.69, 9.17) is 0 Å². The van der Waals surface area contributed by atoms with E-state index in [2.05, 4.69) is 22.2 Å². The molecule has 4 heteroatoms. The molecule has 3 nitrogen and oxygen atoms in total. The Bertz CT molecular complexity index is 397. The molecule has 0 aliphatic rings. The quantitative estimate of drug-likeness (QED) is 0.837. The maximum absolute atomic E-state index is 4.26. The molecule has 0 spiro atoms. The van der Waals surface area contributed by atoms with Gasteiger partial charge in [0.2, 0.25) is 0 Å². The zero-order valence-corrected chi connectivity index (χ0v) is 8.71. The van der Waals surface area contributed by atoms with E-state index >= 15 is 0 Å². The summed E-state index contributed by atoms with van der Waals surface area (Å²) in [4.78, 5) is 9.57. The number of aromatic nitrogens is 2. The van der Waals surface area contributed by atoms with E-state index < -0.39 is 0 Å². The Morgan fingerprint density at radius 1 is 1.43 bits per heavy atom. The van der Waals surface area contributed by atoms with Crippen LogP contribution >= 0.6 is 11.3 Å². The van der Waals surface area contributed by atoms with E-state index in [-0.39, 0.29) is 0 Å². The van der Waals surface area contributed by atoms with Crippen molar-refractivity contribution in [3.05, 3.63) is 35.6 Å². The summed E-state index contributed by atoms with van der Waals surface area (Å²) in [6.07, 6.45) is 6.48. The largest absolute Gasteiger partial charge is 0.330 e. The molecule has 0 amide bonds. The molecule has 1 N–H and O–H groups in total. The molecule has 0 saturated carbocycles. The smallest absolute Gasteiger partial charge is 0.187 e. The summed E-state index contributed by atoms with van der Waals surface area (Å²) < 4.78 is 0. The lowest BCUT2D eigenvalue weighted by atomic mass is 10.4. The van der Waals surface area contributed by atoms with Crippen molar-refractivity contribution in [1.29, 1.82) is 0 Å². The summed E-state index contributed by atoms with van der Waals surface area (Å²) in [5.41, 5.74) is 0.976. The molecule has 14 heavy (non-hydrogen) atoms. The standard InChI is InChI=1S/C10H11N3S/c1-2-9-7-12-10(14-9)13-8-4-3-5-11-6-8/h3-7H,2H2,1H3,(H,12,13). The second kappa shape index (κ2) is 4.19. The molecule has 0 aliphatic carbocycles. The monoisotopic (exact) mass is 205 g/mol. The number of thiazole rings is 1. The third kappa shape index (κ3) is 2.09. The zero-order chi connectivity index (χ0) is 9.80. The fraction of sp³-hybridized carbons (Fsp3) is 0.200. The number of hydrogen-bond acceptors (Lipinski definition) is 4. The molecule has 0 fully saturated rings. The predicted molar refractivity (Wildman–Crippen MR) is 59.0 cm³/mol. The Morgan fingerprint density at radius 3 is 3.00 bits per heavy atom. The number of aryl methyl sites for hydroxylation is 1. The van der Waals surface area contributed by atoms with Gasteiger partial charge in [0.25, 0.3) is 0 Å². The first kappa shape index (κ1) is 9.15. The van der Waals surface area contributed by atoms with Crippen molar-refractivity contribution in [3.8, 4) is 0 Å². The lowest BCUT2D eigenvalue weighted by Crippen LogP contribution is -1.88. The highest BCUT2D eigenvalue weighted by Gasteiger charge is 1.99. The van der Waals surface area contributed by atoms with Crippen molar-refractivity contribution < 1.29 is 0 Å². The number of hydrogen-bond donors (Lipinski definition) is 1. The van der Waals surface area contributed by atoms with Gasteiger partial charge in [-0.3, -0.25) is 4.98 Å².